The largest absolute Gasteiger partial charge is 0.472 e. The van der Waals surface area contributed by atoms with Crippen LogP contribution < -0.4 is 16.0 Å². The maximum atomic E-state index is 12.9. The number of likely N-dealkylation sites (tertiary alicyclic amines) is 1. The summed E-state index contributed by atoms with van der Waals surface area (Å²) in [5.74, 6) is -0.909. The molecule has 1 aromatic carbocycles. The topological polar surface area (TPSA) is 104 Å². The van der Waals surface area contributed by atoms with Crippen LogP contribution in [0.25, 0.3) is 0 Å². The van der Waals surface area contributed by atoms with Gasteiger partial charge in [0.25, 0.3) is 5.91 Å². The summed E-state index contributed by atoms with van der Waals surface area (Å²) < 4.78 is 17.8. The molecular weight excluding hydrogens is 379 g/mol. The van der Waals surface area contributed by atoms with E-state index in [0.29, 0.717) is 37.2 Å². The van der Waals surface area contributed by atoms with Gasteiger partial charge in [0.1, 0.15) is 18.1 Å². The van der Waals surface area contributed by atoms with Crippen LogP contribution in [0.15, 0.2) is 47.3 Å². The van der Waals surface area contributed by atoms with Crippen molar-refractivity contribution in [1.29, 1.82) is 0 Å². The van der Waals surface area contributed by atoms with Crippen molar-refractivity contribution in [1.82, 2.24) is 15.5 Å². The number of hydrogen-bond acceptors (Lipinski definition) is 4. The molecule has 29 heavy (non-hydrogen) atoms. The second-order valence-corrected chi connectivity index (χ2v) is 6.91. The Kier molecular flexibility index (Phi) is 6.48. The van der Waals surface area contributed by atoms with E-state index in [-0.39, 0.29) is 29.7 Å². The van der Waals surface area contributed by atoms with Crippen LogP contribution in [0.4, 0.5) is 14.9 Å². The summed E-state index contributed by atoms with van der Waals surface area (Å²) in [5, 5.41) is 8.17. The number of carbonyl (C=O) groups is 3. The molecule has 3 rings (SSSR count). The molecule has 0 spiro atoms. The van der Waals surface area contributed by atoms with E-state index in [1.54, 1.807) is 11.8 Å². The normalized spacial score (nSPS) is 15.4. The maximum Gasteiger partial charge on any atom is 0.319 e. The van der Waals surface area contributed by atoms with Crippen LogP contribution in [0.1, 0.15) is 30.1 Å². The van der Waals surface area contributed by atoms with Crippen molar-refractivity contribution >= 4 is 23.5 Å². The van der Waals surface area contributed by atoms with Gasteiger partial charge in [0.15, 0.2) is 0 Å². The molecule has 1 fully saturated rings. The van der Waals surface area contributed by atoms with Crippen molar-refractivity contribution < 1.29 is 23.2 Å². The Labute approximate surface area is 167 Å². The summed E-state index contributed by atoms with van der Waals surface area (Å²) in [6.45, 7) is 2.60. The number of furan rings is 1. The Bertz CT molecular complexity index is 846. The van der Waals surface area contributed by atoms with Crippen molar-refractivity contribution in [3.8, 4) is 0 Å². The number of halogens is 1. The van der Waals surface area contributed by atoms with Gasteiger partial charge in [0, 0.05) is 24.8 Å². The lowest BCUT2D eigenvalue weighted by Crippen LogP contribution is -2.52. The fourth-order valence-electron chi connectivity index (χ4n) is 3.14. The SMILES string of the molecule is CC(NC(=O)c1ccoc1)C(=O)N1CCC(NC(=O)Nc2ccc(F)cc2)CC1. The number of nitrogens with zero attached hydrogens (tertiary/aromatic N) is 1. The number of hydrogen-bond donors (Lipinski definition) is 3. The van der Waals surface area contributed by atoms with Gasteiger partial charge in [-0.25, -0.2) is 9.18 Å². The molecule has 1 saturated heterocycles. The average Bonchev–Trinajstić information content (AvgIpc) is 3.25. The third kappa shape index (κ3) is 5.56. The van der Waals surface area contributed by atoms with Crippen LogP contribution in [0.2, 0.25) is 0 Å². The molecule has 3 N–H and O–H groups in total. The molecular formula is C20H23FN4O4. The van der Waals surface area contributed by atoms with Gasteiger partial charge < -0.3 is 25.3 Å². The highest BCUT2D eigenvalue weighted by Gasteiger charge is 2.27. The number of rotatable bonds is 5. The molecule has 0 radical (unpaired) electrons. The molecule has 2 heterocycles. The van der Waals surface area contributed by atoms with Gasteiger partial charge in [-0.1, -0.05) is 0 Å². The Morgan fingerprint density at radius 3 is 2.45 bits per heavy atom. The summed E-state index contributed by atoms with van der Waals surface area (Å²) in [6, 6.07) is 5.92. The second-order valence-electron chi connectivity index (χ2n) is 6.91. The summed E-state index contributed by atoms with van der Waals surface area (Å²) in [7, 11) is 0. The summed E-state index contributed by atoms with van der Waals surface area (Å²) in [4.78, 5) is 38.3. The molecule has 0 bridgehead atoms. The monoisotopic (exact) mass is 402 g/mol. The van der Waals surface area contributed by atoms with Gasteiger partial charge in [0.05, 0.1) is 11.8 Å². The number of carbonyl (C=O) groups excluding carboxylic acids is 3. The standard InChI is InChI=1S/C20H23FN4O4/c1-13(22-18(26)14-8-11-29-12-14)19(27)25-9-6-17(7-10-25)24-20(28)23-16-4-2-15(21)3-5-16/h2-5,8,11-13,17H,6-7,9-10H2,1H3,(H,22,26)(H2,23,24,28). The van der Waals surface area contributed by atoms with E-state index < -0.39 is 6.04 Å². The van der Waals surface area contributed by atoms with Crippen molar-refractivity contribution in [2.24, 2.45) is 0 Å². The van der Waals surface area contributed by atoms with Gasteiger partial charge in [0.2, 0.25) is 5.91 Å². The Balaban J connectivity index is 1.42. The number of benzene rings is 1. The van der Waals surface area contributed by atoms with Crippen LogP contribution in [0.5, 0.6) is 0 Å². The highest BCUT2D eigenvalue weighted by Crippen LogP contribution is 2.13. The van der Waals surface area contributed by atoms with Gasteiger partial charge in [-0.3, -0.25) is 9.59 Å². The molecule has 1 unspecified atom stereocenters. The van der Waals surface area contributed by atoms with E-state index in [1.807, 2.05) is 0 Å². The van der Waals surface area contributed by atoms with Gasteiger partial charge in [-0.2, -0.15) is 0 Å². The summed E-state index contributed by atoms with van der Waals surface area (Å²) in [5.41, 5.74) is 0.860. The van der Waals surface area contributed by atoms with Crippen LogP contribution in [0.3, 0.4) is 0 Å². The van der Waals surface area contributed by atoms with Crippen molar-refractivity contribution in [3.05, 3.63) is 54.2 Å². The van der Waals surface area contributed by atoms with Gasteiger partial charge in [-0.05, 0) is 50.1 Å². The first-order chi connectivity index (χ1) is 13.9. The predicted molar refractivity (Wildman–Crippen MR) is 104 cm³/mol. The molecule has 0 aliphatic carbocycles. The lowest BCUT2D eigenvalue weighted by atomic mass is 10.0. The van der Waals surface area contributed by atoms with E-state index in [1.165, 1.54) is 42.9 Å². The molecule has 154 valence electrons. The zero-order valence-corrected chi connectivity index (χ0v) is 16.0. The highest BCUT2D eigenvalue weighted by atomic mass is 19.1. The molecule has 1 aromatic heterocycles. The first-order valence-corrected chi connectivity index (χ1v) is 9.37. The van der Waals surface area contributed by atoms with E-state index in [4.69, 9.17) is 4.42 Å². The third-order valence-electron chi connectivity index (χ3n) is 4.75. The third-order valence-corrected chi connectivity index (χ3v) is 4.75. The molecule has 1 aliphatic rings. The molecule has 9 heteroatoms. The van der Waals surface area contributed by atoms with Crippen molar-refractivity contribution in [2.75, 3.05) is 18.4 Å². The average molecular weight is 402 g/mol. The predicted octanol–water partition coefficient (Wildman–Crippen LogP) is 2.35. The molecule has 8 nitrogen and oxygen atoms in total. The fourth-order valence-corrected chi connectivity index (χ4v) is 3.14. The number of piperidine rings is 1. The summed E-state index contributed by atoms with van der Waals surface area (Å²) >= 11 is 0. The van der Waals surface area contributed by atoms with Crippen LogP contribution in [-0.2, 0) is 4.79 Å². The number of anilines is 1. The van der Waals surface area contributed by atoms with Crippen LogP contribution >= 0.6 is 0 Å². The Morgan fingerprint density at radius 2 is 1.83 bits per heavy atom. The number of nitrogens with one attached hydrogen (secondary N) is 3. The van der Waals surface area contributed by atoms with E-state index in [2.05, 4.69) is 16.0 Å². The van der Waals surface area contributed by atoms with E-state index >= 15 is 0 Å². The lowest BCUT2D eigenvalue weighted by molar-refractivity contribution is -0.133. The molecule has 1 aliphatic heterocycles. The summed E-state index contributed by atoms with van der Waals surface area (Å²) in [6.07, 6.45) is 3.92. The highest BCUT2D eigenvalue weighted by molar-refractivity contribution is 5.97. The zero-order valence-electron chi connectivity index (χ0n) is 16.0. The maximum absolute atomic E-state index is 12.9. The minimum Gasteiger partial charge on any atom is -0.472 e. The Hall–Kier alpha value is -3.36. The molecule has 1 atom stereocenters. The minimum absolute atomic E-state index is 0.0738. The van der Waals surface area contributed by atoms with Gasteiger partial charge >= 0.3 is 6.03 Å². The fraction of sp³-hybridized carbons (Fsp3) is 0.350. The first kappa shape index (κ1) is 20.4. The Morgan fingerprint density at radius 1 is 1.14 bits per heavy atom. The van der Waals surface area contributed by atoms with Crippen LogP contribution in [0, 0.1) is 5.82 Å². The molecule has 0 saturated carbocycles. The second kappa shape index (κ2) is 9.22. The smallest absolute Gasteiger partial charge is 0.319 e. The van der Waals surface area contributed by atoms with E-state index in [0.717, 1.165) is 0 Å². The minimum atomic E-state index is -0.663. The molecule has 2 aromatic rings. The lowest BCUT2D eigenvalue weighted by Gasteiger charge is -2.34. The number of amides is 4. The van der Waals surface area contributed by atoms with Gasteiger partial charge in [-0.15, -0.1) is 0 Å². The number of urea groups is 1. The van der Waals surface area contributed by atoms with Crippen molar-refractivity contribution in [2.45, 2.75) is 31.8 Å². The quantitative estimate of drug-likeness (QED) is 0.714. The van der Waals surface area contributed by atoms with Crippen molar-refractivity contribution in [3.63, 3.8) is 0 Å². The van der Waals surface area contributed by atoms with E-state index in [9.17, 15) is 18.8 Å². The van der Waals surface area contributed by atoms with Crippen LogP contribution in [-0.4, -0.2) is 47.9 Å². The zero-order chi connectivity index (χ0) is 20.8. The first-order valence-electron chi connectivity index (χ1n) is 9.37. The molecule has 4 amide bonds.